The summed E-state index contributed by atoms with van der Waals surface area (Å²) in [6, 6.07) is 12.3. The number of halogens is 1. The number of hydrogen-bond donors (Lipinski definition) is 2. The molecule has 0 radical (unpaired) electrons. The van der Waals surface area contributed by atoms with E-state index in [1.807, 2.05) is 31.2 Å². The molecule has 0 aromatic heterocycles. The van der Waals surface area contributed by atoms with Gasteiger partial charge in [-0.2, -0.15) is 0 Å². The standard InChI is InChI=1S/C16H19FN2O/c1-2-20-15-8-4-7-14(16(15)18)19-10-9-12-5-3-6-13(17)11-12/h3-8,11,19H,2,9-10,18H2,1H3. The first-order valence-electron chi connectivity index (χ1n) is 6.70. The van der Waals surface area contributed by atoms with Gasteiger partial charge in [0, 0.05) is 6.54 Å². The summed E-state index contributed by atoms with van der Waals surface area (Å²) in [7, 11) is 0. The zero-order valence-corrected chi connectivity index (χ0v) is 11.5. The lowest BCUT2D eigenvalue weighted by Crippen LogP contribution is -2.08. The van der Waals surface area contributed by atoms with Crippen LogP contribution in [0.4, 0.5) is 15.8 Å². The van der Waals surface area contributed by atoms with Gasteiger partial charge in [-0.15, -0.1) is 0 Å². The predicted octanol–water partition coefficient (Wildman–Crippen LogP) is 3.46. The minimum absolute atomic E-state index is 0.208. The predicted molar refractivity (Wildman–Crippen MR) is 80.6 cm³/mol. The second-order valence-corrected chi connectivity index (χ2v) is 4.46. The fourth-order valence-corrected chi connectivity index (χ4v) is 2.01. The molecule has 0 unspecified atom stereocenters. The van der Waals surface area contributed by atoms with Crippen LogP contribution in [0.3, 0.4) is 0 Å². The van der Waals surface area contributed by atoms with Crippen molar-refractivity contribution in [3.05, 3.63) is 53.8 Å². The molecule has 0 aliphatic rings. The molecule has 0 saturated carbocycles. The second kappa shape index (κ2) is 6.80. The number of benzene rings is 2. The van der Waals surface area contributed by atoms with Crippen LogP contribution in [0, 0.1) is 5.82 Å². The van der Waals surface area contributed by atoms with Gasteiger partial charge in [0.2, 0.25) is 0 Å². The molecule has 0 fully saturated rings. The van der Waals surface area contributed by atoms with Crippen molar-refractivity contribution >= 4 is 11.4 Å². The van der Waals surface area contributed by atoms with Gasteiger partial charge in [0.05, 0.1) is 18.0 Å². The van der Waals surface area contributed by atoms with Crippen LogP contribution in [-0.2, 0) is 6.42 Å². The van der Waals surface area contributed by atoms with Gasteiger partial charge in [0.15, 0.2) is 0 Å². The van der Waals surface area contributed by atoms with Crippen molar-refractivity contribution in [2.24, 2.45) is 0 Å². The maximum atomic E-state index is 13.1. The average Bonchev–Trinajstić information content (AvgIpc) is 2.43. The smallest absolute Gasteiger partial charge is 0.144 e. The third-order valence-electron chi connectivity index (χ3n) is 2.98. The molecule has 0 spiro atoms. The van der Waals surface area contributed by atoms with Gasteiger partial charge in [0.1, 0.15) is 11.6 Å². The van der Waals surface area contributed by atoms with E-state index < -0.39 is 0 Å². The van der Waals surface area contributed by atoms with Crippen LogP contribution in [0.25, 0.3) is 0 Å². The molecule has 0 heterocycles. The molecule has 20 heavy (non-hydrogen) atoms. The summed E-state index contributed by atoms with van der Waals surface area (Å²) < 4.78 is 18.5. The number of hydrogen-bond acceptors (Lipinski definition) is 3. The minimum atomic E-state index is -0.208. The third kappa shape index (κ3) is 3.63. The van der Waals surface area contributed by atoms with E-state index in [2.05, 4.69) is 5.32 Å². The summed E-state index contributed by atoms with van der Waals surface area (Å²) in [4.78, 5) is 0. The first kappa shape index (κ1) is 14.2. The number of rotatable bonds is 6. The first-order valence-corrected chi connectivity index (χ1v) is 6.70. The van der Waals surface area contributed by atoms with Crippen LogP contribution < -0.4 is 15.8 Å². The Hall–Kier alpha value is -2.23. The molecular weight excluding hydrogens is 255 g/mol. The number of nitrogens with two attached hydrogens (primary N) is 1. The van der Waals surface area contributed by atoms with Gasteiger partial charge in [-0.05, 0) is 43.2 Å². The molecule has 3 nitrogen and oxygen atoms in total. The molecule has 2 rings (SSSR count). The summed E-state index contributed by atoms with van der Waals surface area (Å²) in [5.74, 6) is 0.476. The molecule has 0 saturated heterocycles. The Kier molecular flexibility index (Phi) is 4.82. The largest absolute Gasteiger partial charge is 0.492 e. The van der Waals surface area contributed by atoms with Crippen LogP contribution in [-0.4, -0.2) is 13.2 Å². The van der Waals surface area contributed by atoms with E-state index in [0.29, 0.717) is 24.6 Å². The Morgan fingerprint density at radius 1 is 1.20 bits per heavy atom. The highest BCUT2D eigenvalue weighted by Crippen LogP contribution is 2.29. The Bertz CT molecular complexity index is 572. The number of anilines is 2. The monoisotopic (exact) mass is 274 g/mol. The van der Waals surface area contributed by atoms with E-state index >= 15 is 0 Å². The molecule has 0 atom stereocenters. The molecule has 0 aliphatic heterocycles. The molecular formula is C16H19FN2O. The summed E-state index contributed by atoms with van der Waals surface area (Å²) in [6.07, 6.45) is 0.732. The van der Waals surface area contributed by atoms with Crippen molar-refractivity contribution < 1.29 is 9.13 Å². The van der Waals surface area contributed by atoms with Crippen LogP contribution >= 0.6 is 0 Å². The highest BCUT2D eigenvalue weighted by Gasteiger charge is 2.05. The maximum Gasteiger partial charge on any atom is 0.144 e. The van der Waals surface area contributed by atoms with E-state index in [1.54, 1.807) is 12.1 Å². The molecule has 0 bridgehead atoms. The van der Waals surface area contributed by atoms with Gasteiger partial charge in [-0.3, -0.25) is 0 Å². The van der Waals surface area contributed by atoms with Crippen LogP contribution in [0.15, 0.2) is 42.5 Å². The number of para-hydroxylation sites is 1. The fourth-order valence-electron chi connectivity index (χ4n) is 2.01. The molecule has 4 heteroatoms. The normalized spacial score (nSPS) is 10.3. The van der Waals surface area contributed by atoms with Crippen molar-refractivity contribution in [1.29, 1.82) is 0 Å². The number of ether oxygens (including phenoxy) is 1. The van der Waals surface area contributed by atoms with Crippen molar-refractivity contribution in [3.63, 3.8) is 0 Å². The zero-order chi connectivity index (χ0) is 14.4. The molecule has 2 aromatic rings. The zero-order valence-electron chi connectivity index (χ0n) is 11.5. The van der Waals surface area contributed by atoms with E-state index in [-0.39, 0.29) is 5.82 Å². The maximum absolute atomic E-state index is 13.1. The third-order valence-corrected chi connectivity index (χ3v) is 2.98. The first-order chi connectivity index (χ1) is 9.70. The average molecular weight is 274 g/mol. The minimum Gasteiger partial charge on any atom is -0.492 e. The lowest BCUT2D eigenvalue weighted by molar-refractivity contribution is 0.342. The summed E-state index contributed by atoms with van der Waals surface area (Å²) in [5.41, 5.74) is 8.43. The molecule has 2 aromatic carbocycles. The summed E-state index contributed by atoms with van der Waals surface area (Å²) >= 11 is 0. The van der Waals surface area contributed by atoms with Gasteiger partial charge in [-0.1, -0.05) is 18.2 Å². The molecule has 0 aliphatic carbocycles. The van der Waals surface area contributed by atoms with E-state index in [4.69, 9.17) is 10.5 Å². The van der Waals surface area contributed by atoms with Crippen LogP contribution in [0.2, 0.25) is 0 Å². The molecule has 0 amide bonds. The topological polar surface area (TPSA) is 47.3 Å². The second-order valence-electron chi connectivity index (χ2n) is 4.46. The van der Waals surface area contributed by atoms with Crippen molar-refractivity contribution in [2.75, 3.05) is 24.2 Å². The Labute approximate surface area is 118 Å². The molecule has 3 N–H and O–H groups in total. The van der Waals surface area contributed by atoms with Gasteiger partial charge >= 0.3 is 0 Å². The highest BCUT2D eigenvalue weighted by atomic mass is 19.1. The van der Waals surface area contributed by atoms with Gasteiger partial charge in [-0.25, -0.2) is 4.39 Å². The summed E-state index contributed by atoms with van der Waals surface area (Å²) in [5, 5.41) is 3.25. The van der Waals surface area contributed by atoms with E-state index in [1.165, 1.54) is 6.07 Å². The van der Waals surface area contributed by atoms with Crippen molar-refractivity contribution in [1.82, 2.24) is 0 Å². The molecule has 106 valence electrons. The van der Waals surface area contributed by atoms with Crippen LogP contribution in [0.1, 0.15) is 12.5 Å². The van der Waals surface area contributed by atoms with Gasteiger partial charge in [0.25, 0.3) is 0 Å². The highest BCUT2D eigenvalue weighted by molar-refractivity contribution is 5.72. The lowest BCUT2D eigenvalue weighted by Gasteiger charge is -2.13. The Morgan fingerprint density at radius 2 is 2.00 bits per heavy atom. The summed E-state index contributed by atoms with van der Waals surface area (Å²) in [6.45, 7) is 3.18. The Balaban J connectivity index is 1.96. The van der Waals surface area contributed by atoms with Crippen LogP contribution in [0.5, 0.6) is 5.75 Å². The lowest BCUT2D eigenvalue weighted by atomic mass is 10.1. The Morgan fingerprint density at radius 3 is 2.75 bits per heavy atom. The number of nitrogen functional groups attached to an aromatic ring is 1. The number of nitrogens with one attached hydrogen (secondary N) is 1. The van der Waals surface area contributed by atoms with E-state index in [0.717, 1.165) is 17.7 Å². The van der Waals surface area contributed by atoms with Crippen molar-refractivity contribution in [2.45, 2.75) is 13.3 Å². The van der Waals surface area contributed by atoms with Crippen molar-refractivity contribution in [3.8, 4) is 5.75 Å². The van der Waals surface area contributed by atoms with E-state index in [9.17, 15) is 4.39 Å². The fraction of sp³-hybridized carbons (Fsp3) is 0.250. The quantitative estimate of drug-likeness (QED) is 0.793. The SMILES string of the molecule is CCOc1cccc(NCCc2cccc(F)c2)c1N. The van der Waals surface area contributed by atoms with Gasteiger partial charge < -0.3 is 15.8 Å².